The minimum atomic E-state index is -0.613. The van der Waals surface area contributed by atoms with Gasteiger partial charge in [-0.1, -0.05) is 6.07 Å². The summed E-state index contributed by atoms with van der Waals surface area (Å²) in [6, 6.07) is 3.33. The fourth-order valence-electron chi connectivity index (χ4n) is 2.53. The van der Waals surface area contributed by atoms with Gasteiger partial charge in [-0.15, -0.1) is 0 Å². The van der Waals surface area contributed by atoms with E-state index in [4.69, 9.17) is 4.42 Å². The van der Waals surface area contributed by atoms with Crippen LogP contribution in [0.4, 0.5) is 0 Å². The topological polar surface area (TPSA) is 70.7 Å². The zero-order chi connectivity index (χ0) is 12.2. The van der Waals surface area contributed by atoms with Crippen LogP contribution >= 0.6 is 0 Å². The zero-order valence-electron chi connectivity index (χ0n) is 9.36. The molecule has 2 N–H and O–H groups in total. The van der Waals surface area contributed by atoms with Gasteiger partial charge in [-0.05, 0) is 25.0 Å². The quantitative estimate of drug-likeness (QED) is 0.726. The Balaban J connectivity index is 2.54. The van der Waals surface area contributed by atoms with E-state index < -0.39 is 11.7 Å². The van der Waals surface area contributed by atoms with Gasteiger partial charge in [0.1, 0.15) is 16.9 Å². The van der Waals surface area contributed by atoms with Crippen LogP contribution in [0.15, 0.2) is 21.3 Å². The van der Waals surface area contributed by atoms with E-state index in [0.717, 1.165) is 5.56 Å². The van der Waals surface area contributed by atoms with Crippen molar-refractivity contribution in [3.63, 3.8) is 0 Å². The number of aryl methyl sites for hydroxylation is 2. The van der Waals surface area contributed by atoms with E-state index >= 15 is 0 Å². The molecule has 0 saturated heterocycles. The maximum atomic E-state index is 11.8. The molecule has 1 aromatic carbocycles. The van der Waals surface area contributed by atoms with E-state index in [1.165, 1.54) is 6.07 Å². The number of hydrogen-bond donors (Lipinski definition) is 2. The molecule has 1 atom stereocenters. The summed E-state index contributed by atoms with van der Waals surface area (Å²) in [5.74, 6) is 0.454. The first-order chi connectivity index (χ1) is 8.08. The summed E-state index contributed by atoms with van der Waals surface area (Å²) in [4.78, 5) is 11.8. The Morgan fingerprint density at radius 2 is 2.18 bits per heavy atom. The minimum absolute atomic E-state index is 0.0874. The Labute approximate surface area is 97.1 Å². The highest BCUT2D eigenvalue weighted by atomic mass is 16.4. The Kier molecular flexibility index (Phi) is 2.03. The van der Waals surface area contributed by atoms with Gasteiger partial charge < -0.3 is 14.6 Å². The maximum absolute atomic E-state index is 11.8. The van der Waals surface area contributed by atoms with E-state index in [0.29, 0.717) is 29.6 Å². The molecule has 2 aromatic rings. The third-order valence-electron chi connectivity index (χ3n) is 3.25. The Bertz CT molecular complexity index is 669. The van der Waals surface area contributed by atoms with E-state index in [-0.39, 0.29) is 11.1 Å². The van der Waals surface area contributed by atoms with Crippen molar-refractivity contribution in [2.45, 2.75) is 25.9 Å². The summed E-state index contributed by atoms with van der Waals surface area (Å²) < 4.78 is 5.15. The smallest absolute Gasteiger partial charge is 0.347 e. The zero-order valence-corrected chi connectivity index (χ0v) is 9.36. The molecule has 0 amide bonds. The van der Waals surface area contributed by atoms with E-state index in [1.807, 2.05) is 6.92 Å². The molecule has 4 heteroatoms. The number of aromatic hydroxyl groups is 1. The molecule has 3 rings (SSSR count). The average Bonchev–Trinajstić information content (AvgIpc) is 2.59. The molecule has 1 aromatic heterocycles. The fraction of sp³-hybridized carbons (Fsp3) is 0.308. The van der Waals surface area contributed by atoms with E-state index in [9.17, 15) is 15.0 Å². The second-order valence-corrected chi connectivity index (χ2v) is 4.49. The van der Waals surface area contributed by atoms with Gasteiger partial charge in [0.2, 0.25) is 0 Å². The molecule has 1 aliphatic carbocycles. The van der Waals surface area contributed by atoms with Gasteiger partial charge in [-0.3, -0.25) is 0 Å². The first kappa shape index (κ1) is 10.4. The maximum Gasteiger partial charge on any atom is 0.347 e. The predicted molar refractivity (Wildman–Crippen MR) is 62.2 cm³/mol. The molecule has 88 valence electrons. The number of fused-ring (bicyclic) bond motifs is 3. The molecule has 0 fully saturated rings. The van der Waals surface area contributed by atoms with Crippen LogP contribution in [-0.2, 0) is 6.42 Å². The van der Waals surface area contributed by atoms with Gasteiger partial charge in [-0.25, -0.2) is 4.79 Å². The predicted octanol–water partition coefficient (Wildman–Crippen LogP) is 1.79. The molecule has 0 saturated carbocycles. The van der Waals surface area contributed by atoms with Crippen LogP contribution in [0.1, 0.15) is 29.4 Å². The summed E-state index contributed by atoms with van der Waals surface area (Å²) >= 11 is 0. The number of phenolic OH excluding ortho intramolecular Hbond substituents is 1. The summed E-state index contributed by atoms with van der Waals surface area (Å²) in [5, 5.41) is 20.5. The molecule has 4 nitrogen and oxygen atoms in total. The lowest BCUT2D eigenvalue weighted by molar-refractivity contribution is 0.181. The average molecular weight is 232 g/mol. The number of rotatable bonds is 0. The van der Waals surface area contributed by atoms with Gasteiger partial charge in [0.05, 0.1) is 6.10 Å². The summed E-state index contributed by atoms with van der Waals surface area (Å²) in [5.41, 5.74) is 0.964. The molecule has 0 radical (unpaired) electrons. The van der Waals surface area contributed by atoms with Crippen LogP contribution in [0.25, 0.3) is 10.8 Å². The lowest BCUT2D eigenvalue weighted by Gasteiger charge is -2.09. The Hall–Kier alpha value is -1.81. The third-order valence-corrected chi connectivity index (χ3v) is 3.25. The molecule has 0 unspecified atom stereocenters. The van der Waals surface area contributed by atoms with Gasteiger partial charge in [0.25, 0.3) is 0 Å². The van der Waals surface area contributed by atoms with Gasteiger partial charge in [-0.2, -0.15) is 0 Å². The highest BCUT2D eigenvalue weighted by molar-refractivity contribution is 5.91. The molecule has 0 spiro atoms. The highest BCUT2D eigenvalue weighted by Crippen LogP contribution is 2.37. The van der Waals surface area contributed by atoms with Crippen LogP contribution < -0.4 is 5.63 Å². The van der Waals surface area contributed by atoms with Gasteiger partial charge in [0, 0.05) is 17.4 Å². The van der Waals surface area contributed by atoms with Crippen molar-refractivity contribution < 1.29 is 14.6 Å². The van der Waals surface area contributed by atoms with Crippen LogP contribution in [0.2, 0.25) is 0 Å². The normalized spacial score (nSPS) is 18.6. The molecular weight excluding hydrogens is 220 g/mol. The standard InChI is InChI=1S/C13H12O4/c1-6-4-7-11-8(14)2-3-10(11)17-13(16)12(7)9(15)5-6/h4-5,8,14-15H,2-3H2,1H3/t8-/m0/s1. The minimum Gasteiger partial charge on any atom is -0.507 e. The lowest BCUT2D eigenvalue weighted by Crippen LogP contribution is -2.05. The molecular formula is C13H12O4. The first-order valence-corrected chi connectivity index (χ1v) is 5.55. The number of hydrogen-bond acceptors (Lipinski definition) is 4. The van der Waals surface area contributed by atoms with Crippen molar-refractivity contribution in [1.29, 1.82) is 0 Å². The Morgan fingerprint density at radius 3 is 2.94 bits per heavy atom. The van der Waals surface area contributed by atoms with Crippen LogP contribution in [0.3, 0.4) is 0 Å². The van der Waals surface area contributed by atoms with Crippen LogP contribution in [-0.4, -0.2) is 10.2 Å². The molecule has 0 bridgehead atoms. The van der Waals surface area contributed by atoms with E-state index in [2.05, 4.69) is 0 Å². The van der Waals surface area contributed by atoms with Crippen LogP contribution in [0, 0.1) is 6.92 Å². The van der Waals surface area contributed by atoms with Crippen LogP contribution in [0.5, 0.6) is 5.75 Å². The van der Waals surface area contributed by atoms with Gasteiger partial charge in [0.15, 0.2) is 0 Å². The fourth-order valence-corrected chi connectivity index (χ4v) is 2.53. The largest absolute Gasteiger partial charge is 0.507 e. The van der Waals surface area contributed by atoms with Crippen molar-refractivity contribution in [2.75, 3.05) is 0 Å². The van der Waals surface area contributed by atoms with Crippen molar-refractivity contribution in [1.82, 2.24) is 0 Å². The van der Waals surface area contributed by atoms with Crippen molar-refractivity contribution in [2.24, 2.45) is 0 Å². The van der Waals surface area contributed by atoms with Crippen molar-refractivity contribution in [3.05, 3.63) is 39.4 Å². The van der Waals surface area contributed by atoms with E-state index in [1.54, 1.807) is 6.07 Å². The molecule has 0 aliphatic heterocycles. The summed E-state index contributed by atoms with van der Waals surface area (Å²) in [6.45, 7) is 1.83. The summed E-state index contributed by atoms with van der Waals surface area (Å²) in [7, 11) is 0. The number of aliphatic hydroxyl groups excluding tert-OH is 1. The van der Waals surface area contributed by atoms with Crippen molar-refractivity contribution in [3.8, 4) is 5.75 Å². The second-order valence-electron chi connectivity index (χ2n) is 4.49. The number of benzene rings is 1. The Morgan fingerprint density at radius 1 is 1.41 bits per heavy atom. The lowest BCUT2D eigenvalue weighted by atomic mass is 10.0. The second kappa shape index (κ2) is 3.34. The van der Waals surface area contributed by atoms with Gasteiger partial charge >= 0.3 is 5.63 Å². The first-order valence-electron chi connectivity index (χ1n) is 5.55. The molecule has 1 aliphatic rings. The number of phenols is 1. The monoisotopic (exact) mass is 232 g/mol. The molecule has 17 heavy (non-hydrogen) atoms. The highest BCUT2D eigenvalue weighted by Gasteiger charge is 2.27. The SMILES string of the molecule is Cc1cc(O)c2c(=O)oc3c(c2c1)[C@@H](O)CC3. The molecule has 1 heterocycles. The summed E-state index contributed by atoms with van der Waals surface area (Å²) in [6.07, 6.45) is 0.515. The van der Waals surface area contributed by atoms with Crippen molar-refractivity contribution >= 4 is 10.8 Å². The third kappa shape index (κ3) is 1.37. The number of aliphatic hydroxyl groups is 1.